The Hall–Kier alpha value is -2.03. The zero-order valence-corrected chi connectivity index (χ0v) is 20.3. The standard InChI is InChI=1S/C29H40O3/c1-19(2)8-5-9-20(3)25-15-16-26-27(12-7-17-29(25,26)4)32-28(31)24-11-6-10-21-18-22(30)13-14-23(21)24/h6,10-11,13-14,18-20,25-27,30H,5,7-9,12,15-17H2,1-4H3/t20-,25-,26+,27+,29-/m1/s1. The topological polar surface area (TPSA) is 46.5 Å². The SMILES string of the molecule is CC(C)CCC[C@@H](C)[C@H]1CC[C@H]2[C@@H](OC(=O)c3cccc4cc(O)ccc34)CCC[C@]12C. The highest BCUT2D eigenvalue weighted by molar-refractivity contribution is 6.04. The molecule has 0 bridgehead atoms. The maximum atomic E-state index is 13.2. The lowest BCUT2D eigenvalue weighted by Crippen LogP contribution is -2.43. The van der Waals surface area contributed by atoms with Crippen LogP contribution >= 0.6 is 0 Å². The summed E-state index contributed by atoms with van der Waals surface area (Å²) in [6.07, 6.45) is 9.81. The Kier molecular flexibility index (Phi) is 6.83. The quantitative estimate of drug-likeness (QED) is 0.451. The van der Waals surface area contributed by atoms with Crippen LogP contribution in [0.2, 0.25) is 0 Å². The summed E-state index contributed by atoms with van der Waals surface area (Å²) in [5, 5.41) is 11.5. The van der Waals surface area contributed by atoms with Crippen molar-refractivity contribution in [2.45, 2.75) is 85.2 Å². The molecule has 2 saturated carbocycles. The van der Waals surface area contributed by atoms with Crippen LogP contribution in [0.4, 0.5) is 0 Å². The van der Waals surface area contributed by atoms with Gasteiger partial charge in [0.05, 0.1) is 5.56 Å². The van der Waals surface area contributed by atoms with Gasteiger partial charge in [-0.25, -0.2) is 4.79 Å². The second kappa shape index (κ2) is 9.45. The molecular weight excluding hydrogens is 396 g/mol. The fourth-order valence-corrected chi connectivity index (χ4v) is 6.94. The van der Waals surface area contributed by atoms with E-state index < -0.39 is 0 Å². The van der Waals surface area contributed by atoms with Crippen LogP contribution in [0.1, 0.15) is 89.4 Å². The molecule has 3 nitrogen and oxygen atoms in total. The number of phenols is 1. The minimum atomic E-state index is -0.219. The maximum absolute atomic E-state index is 13.2. The van der Waals surface area contributed by atoms with Crippen LogP contribution in [-0.2, 0) is 4.74 Å². The van der Waals surface area contributed by atoms with Gasteiger partial charge in [0, 0.05) is 5.92 Å². The van der Waals surface area contributed by atoms with Gasteiger partial charge in [0.25, 0.3) is 0 Å². The molecule has 4 rings (SSSR count). The normalized spacial score (nSPS) is 28.6. The lowest BCUT2D eigenvalue weighted by atomic mass is 9.61. The van der Waals surface area contributed by atoms with Gasteiger partial charge < -0.3 is 9.84 Å². The zero-order valence-electron chi connectivity index (χ0n) is 20.3. The molecular formula is C29H40O3. The van der Waals surface area contributed by atoms with Crippen molar-refractivity contribution in [3.8, 4) is 5.75 Å². The molecule has 2 aliphatic rings. The number of esters is 1. The van der Waals surface area contributed by atoms with E-state index in [9.17, 15) is 9.90 Å². The van der Waals surface area contributed by atoms with Crippen LogP contribution in [0.3, 0.4) is 0 Å². The third-order valence-corrected chi connectivity index (χ3v) is 8.61. The summed E-state index contributed by atoms with van der Waals surface area (Å²) in [5.41, 5.74) is 0.886. The van der Waals surface area contributed by atoms with Crippen LogP contribution in [0.5, 0.6) is 5.75 Å². The van der Waals surface area contributed by atoms with Gasteiger partial charge in [-0.3, -0.25) is 0 Å². The summed E-state index contributed by atoms with van der Waals surface area (Å²) >= 11 is 0. The molecule has 1 N–H and O–H groups in total. The number of phenolic OH excluding ortho intramolecular Hbond substituents is 1. The highest BCUT2D eigenvalue weighted by Gasteiger charge is 2.53. The number of rotatable bonds is 7. The molecule has 0 unspecified atom stereocenters. The Morgan fingerprint density at radius 1 is 1.12 bits per heavy atom. The van der Waals surface area contributed by atoms with E-state index in [1.165, 1.54) is 38.5 Å². The third kappa shape index (κ3) is 4.54. The molecule has 0 aliphatic heterocycles. The predicted octanol–water partition coefficient (Wildman–Crippen LogP) is 7.75. The van der Waals surface area contributed by atoms with E-state index in [-0.39, 0.29) is 23.2 Å². The van der Waals surface area contributed by atoms with E-state index in [0.29, 0.717) is 11.5 Å². The highest BCUT2D eigenvalue weighted by Crippen LogP contribution is 2.59. The summed E-state index contributed by atoms with van der Waals surface area (Å²) in [7, 11) is 0. The second-order valence-corrected chi connectivity index (χ2v) is 11.1. The number of carbonyl (C=O) groups excluding carboxylic acids is 1. The second-order valence-electron chi connectivity index (χ2n) is 11.1. The molecule has 32 heavy (non-hydrogen) atoms. The fraction of sp³-hybridized carbons (Fsp3) is 0.621. The maximum Gasteiger partial charge on any atom is 0.339 e. The Morgan fingerprint density at radius 3 is 2.72 bits per heavy atom. The molecule has 0 radical (unpaired) electrons. The van der Waals surface area contributed by atoms with Crippen molar-refractivity contribution in [2.24, 2.45) is 29.1 Å². The van der Waals surface area contributed by atoms with Gasteiger partial charge in [-0.2, -0.15) is 0 Å². The minimum Gasteiger partial charge on any atom is -0.508 e. The largest absolute Gasteiger partial charge is 0.508 e. The molecule has 174 valence electrons. The van der Waals surface area contributed by atoms with E-state index in [0.717, 1.165) is 41.4 Å². The molecule has 3 heteroatoms. The number of hydrogen-bond donors (Lipinski definition) is 1. The average Bonchev–Trinajstić information content (AvgIpc) is 3.10. The van der Waals surface area contributed by atoms with Crippen molar-refractivity contribution >= 4 is 16.7 Å². The molecule has 0 saturated heterocycles. The van der Waals surface area contributed by atoms with Gasteiger partial charge in [-0.05, 0) is 90.3 Å². The Balaban J connectivity index is 1.47. The van der Waals surface area contributed by atoms with Crippen molar-refractivity contribution in [2.75, 3.05) is 0 Å². The average molecular weight is 437 g/mol. The van der Waals surface area contributed by atoms with Gasteiger partial charge in [0.2, 0.25) is 0 Å². The van der Waals surface area contributed by atoms with Crippen molar-refractivity contribution in [1.82, 2.24) is 0 Å². The number of aromatic hydroxyl groups is 1. The van der Waals surface area contributed by atoms with Gasteiger partial charge >= 0.3 is 5.97 Å². The Morgan fingerprint density at radius 2 is 1.94 bits per heavy atom. The van der Waals surface area contributed by atoms with E-state index >= 15 is 0 Å². The monoisotopic (exact) mass is 436 g/mol. The lowest BCUT2D eigenvalue weighted by molar-refractivity contribution is -0.0472. The number of hydrogen-bond acceptors (Lipinski definition) is 3. The third-order valence-electron chi connectivity index (χ3n) is 8.61. The van der Waals surface area contributed by atoms with Gasteiger partial charge in [-0.1, -0.05) is 59.1 Å². The van der Waals surface area contributed by atoms with Crippen molar-refractivity contribution in [1.29, 1.82) is 0 Å². The van der Waals surface area contributed by atoms with E-state index in [4.69, 9.17) is 4.74 Å². The summed E-state index contributed by atoms with van der Waals surface area (Å²) in [6, 6.07) is 10.8. The Bertz CT molecular complexity index is 949. The van der Waals surface area contributed by atoms with Crippen LogP contribution in [-0.4, -0.2) is 17.2 Å². The number of ether oxygens (including phenoxy) is 1. The van der Waals surface area contributed by atoms with E-state index in [1.54, 1.807) is 12.1 Å². The number of fused-ring (bicyclic) bond motifs is 2. The smallest absolute Gasteiger partial charge is 0.339 e. The summed E-state index contributed by atoms with van der Waals surface area (Å²) in [6.45, 7) is 9.57. The first kappa shape index (κ1) is 23.1. The summed E-state index contributed by atoms with van der Waals surface area (Å²) in [5.74, 6) is 2.72. The van der Waals surface area contributed by atoms with Gasteiger partial charge in [0.1, 0.15) is 11.9 Å². The highest BCUT2D eigenvalue weighted by atomic mass is 16.5. The van der Waals surface area contributed by atoms with Crippen molar-refractivity contribution < 1.29 is 14.6 Å². The summed E-state index contributed by atoms with van der Waals surface area (Å²) in [4.78, 5) is 13.2. The molecule has 2 aromatic carbocycles. The lowest BCUT2D eigenvalue weighted by Gasteiger charge is -2.46. The molecule has 0 heterocycles. The zero-order chi connectivity index (χ0) is 22.9. The predicted molar refractivity (Wildman–Crippen MR) is 131 cm³/mol. The van der Waals surface area contributed by atoms with E-state index in [2.05, 4.69) is 27.7 Å². The molecule has 2 fully saturated rings. The first-order chi connectivity index (χ1) is 15.3. The van der Waals surface area contributed by atoms with Crippen molar-refractivity contribution in [3.63, 3.8) is 0 Å². The van der Waals surface area contributed by atoms with Crippen LogP contribution in [0, 0.1) is 29.1 Å². The van der Waals surface area contributed by atoms with Crippen molar-refractivity contribution in [3.05, 3.63) is 42.0 Å². The van der Waals surface area contributed by atoms with Gasteiger partial charge in [-0.15, -0.1) is 0 Å². The van der Waals surface area contributed by atoms with Gasteiger partial charge in [0.15, 0.2) is 0 Å². The number of carbonyl (C=O) groups is 1. The molecule has 2 aromatic rings. The molecule has 2 aliphatic carbocycles. The van der Waals surface area contributed by atoms with Crippen LogP contribution < -0.4 is 0 Å². The van der Waals surface area contributed by atoms with Crippen LogP contribution in [0.15, 0.2) is 36.4 Å². The van der Waals surface area contributed by atoms with E-state index in [1.807, 2.05) is 24.3 Å². The minimum absolute atomic E-state index is 0.0153. The molecule has 0 aromatic heterocycles. The fourth-order valence-electron chi connectivity index (χ4n) is 6.94. The first-order valence-corrected chi connectivity index (χ1v) is 12.7. The molecule has 0 amide bonds. The molecule has 0 spiro atoms. The first-order valence-electron chi connectivity index (χ1n) is 12.7. The molecule has 5 atom stereocenters. The summed E-state index contributed by atoms with van der Waals surface area (Å²) < 4.78 is 6.23. The van der Waals surface area contributed by atoms with Crippen LogP contribution in [0.25, 0.3) is 10.8 Å². The number of benzene rings is 2. The Labute approximate surface area is 193 Å².